The molecular weight excluding hydrogens is 502 g/mol. The quantitative estimate of drug-likeness (QED) is 0.375. The van der Waals surface area contributed by atoms with Gasteiger partial charge in [0.2, 0.25) is 11.7 Å². The molecule has 0 saturated heterocycles. The molecule has 0 aliphatic carbocycles. The van der Waals surface area contributed by atoms with Crippen molar-refractivity contribution in [2.24, 2.45) is 10.9 Å². The van der Waals surface area contributed by atoms with E-state index < -0.39 is 36.3 Å². The third-order valence-corrected chi connectivity index (χ3v) is 6.04. The van der Waals surface area contributed by atoms with Crippen LogP contribution < -0.4 is 10.6 Å². The van der Waals surface area contributed by atoms with Gasteiger partial charge in [0.15, 0.2) is 0 Å². The van der Waals surface area contributed by atoms with Gasteiger partial charge in [-0.15, -0.1) is 0 Å². The molecule has 0 saturated carbocycles. The largest absolute Gasteiger partial charge is 0.470 e. The highest BCUT2D eigenvalue weighted by molar-refractivity contribution is 6.37. The van der Waals surface area contributed by atoms with Crippen LogP contribution in [0.2, 0.25) is 0 Å². The predicted octanol–water partition coefficient (Wildman–Crippen LogP) is 3.33. The Morgan fingerprint density at radius 1 is 1.00 bits per heavy atom. The molecule has 0 radical (unpaired) electrons. The highest BCUT2D eigenvalue weighted by Gasteiger charge is 2.49. The van der Waals surface area contributed by atoms with Crippen molar-refractivity contribution in [2.45, 2.75) is 57.8 Å². The van der Waals surface area contributed by atoms with Crippen LogP contribution >= 0.6 is 0 Å². The van der Waals surface area contributed by atoms with Crippen LogP contribution in [0.1, 0.15) is 44.2 Å². The fourth-order valence-corrected chi connectivity index (χ4v) is 4.05. The Balaban J connectivity index is 1.65. The molecule has 0 bridgehead atoms. The molecule has 208 valence electrons. The first kappa shape index (κ1) is 29.3. The number of benzene rings is 2. The maximum absolute atomic E-state index is 13.3. The van der Waals surface area contributed by atoms with Gasteiger partial charge in [-0.25, -0.2) is 14.6 Å². The van der Waals surface area contributed by atoms with Crippen molar-refractivity contribution in [1.29, 1.82) is 0 Å². The fraction of sp³-hybridized carbons (Fsp3) is 0.414. The topological polar surface area (TPSA) is 132 Å². The zero-order valence-corrected chi connectivity index (χ0v) is 22.5. The highest BCUT2D eigenvalue weighted by atomic mass is 16.6. The minimum Gasteiger partial charge on any atom is -0.470 e. The van der Waals surface area contributed by atoms with Gasteiger partial charge >= 0.3 is 12.1 Å². The lowest BCUT2D eigenvalue weighted by atomic mass is 10.0. The molecule has 2 amide bonds. The maximum atomic E-state index is 13.3. The van der Waals surface area contributed by atoms with Crippen molar-refractivity contribution in [3.8, 4) is 0 Å². The van der Waals surface area contributed by atoms with Crippen LogP contribution in [0.3, 0.4) is 0 Å². The van der Waals surface area contributed by atoms with Crippen LogP contribution in [0.5, 0.6) is 0 Å². The van der Waals surface area contributed by atoms with Gasteiger partial charge in [-0.2, -0.15) is 0 Å². The SMILES string of the molecule is COC(=O)C1(NC(=O)[C@H](CC(C)C)NC(=O)OCc2ccccc2)COC(C(=O)CCCc2ccccc2)=N1. The Morgan fingerprint density at radius 3 is 2.26 bits per heavy atom. The average Bonchev–Trinajstić information content (AvgIpc) is 3.37. The molecule has 1 aliphatic rings. The van der Waals surface area contributed by atoms with E-state index in [-0.39, 0.29) is 37.0 Å². The van der Waals surface area contributed by atoms with E-state index in [0.29, 0.717) is 12.8 Å². The zero-order valence-electron chi connectivity index (χ0n) is 22.5. The molecule has 0 spiro atoms. The molecule has 0 aromatic heterocycles. The summed E-state index contributed by atoms with van der Waals surface area (Å²) < 4.78 is 15.6. The number of carbonyl (C=O) groups excluding carboxylic acids is 4. The zero-order chi connectivity index (χ0) is 28.3. The number of nitrogens with one attached hydrogen (secondary N) is 2. The molecule has 2 N–H and O–H groups in total. The highest BCUT2D eigenvalue weighted by Crippen LogP contribution is 2.21. The first-order chi connectivity index (χ1) is 18.7. The van der Waals surface area contributed by atoms with Crippen LogP contribution in [0.4, 0.5) is 4.79 Å². The minimum absolute atomic E-state index is 0.0225. The molecule has 1 aliphatic heterocycles. The van der Waals surface area contributed by atoms with Crippen LogP contribution in [-0.2, 0) is 41.6 Å². The number of nitrogens with zero attached hydrogens (tertiary/aromatic N) is 1. The van der Waals surface area contributed by atoms with Crippen molar-refractivity contribution >= 4 is 29.7 Å². The van der Waals surface area contributed by atoms with Gasteiger partial charge in [-0.1, -0.05) is 74.5 Å². The van der Waals surface area contributed by atoms with Gasteiger partial charge in [-0.3, -0.25) is 9.59 Å². The first-order valence-corrected chi connectivity index (χ1v) is 12.9. The normalized spacial score (nSPS) is 17.0. The number of aliphatic imine (C=N–C) groups is 1. The number of esters is 1. The molecule has 10 heteroatoms. The van der Waals surface area contributed by atoms with Gasteiger partial charge in [0.05, 0.1) is 7.11 Å². The van der Waals surface area contributed by atoms with Crippen molar-refractivity contribution < 1.29 is 33.4 Å². The molecule has 1 heterocycles. The Hall–Kier alpha value is -4.21. The monoisotopic (exact) mass is 537 g/mol. The molecule has 2 aromatic rings. The average molecular weight is 538 g/mol. The lowest BCUT2D eigenvalue weighted by Gasteiger charge is -2.26. The number of aryl methyl sites for hydroxylation is 1. The van der Waals surface area contributed by atoms with Crippen molar-refractivity contribution in [1.82, 2.24) is 10.6 Å². The number of Topliss-reactive ketones (excluding diaryl/α,β-unsaturated/α-hetero) is 1. The number of hydrogen-bond acceptors (Lipinski definition) is 8. The van der Waals surface area contributed by atoms with E-state index in [1.807, 2.05) is 74.5 Å². The summed E-state index contributed by atoms with van der Waals surface area (Å²) in [4.78, 5) is 55.4. The number of methoxy groups -OCH3 is 1. The summed E-state index contributed by atoms with van der Waals surface area (Å²) in [7, 11) is 1.15. The number of hydrogen-bond donors (Lipinski definition) is 2. The summed E-state index contributed by atoms with van der Waals surface area (Å²) in [6.45, 7) is 3.40. The van der Waals surface area contributed by atoms with Gasteiger partial charge in [0.1, 0.15) is 19.3 Å². The maximum Gasteiger partial charge on any atom is 0.408 e. The molecule has 1 unspecified atom stereocenters. The fourth-order valence-electron chi connectivity index (χ4n) is 4.05. The second-order valence-corrected chi connectivity index (χ2v) is 9.70. The third-order valence-electron chi connectivity index (χ3n) is 6.04. The summed E-state index contributed by atoms with van der Waals surface area (Å²) in [5.74, 6) is -2.18. The summed E-state index contributed by atoms with van der Waals surface area (Å²) in [5.41, 5.74) is -0.0523. The lowest BCUT2D eigenvalue weighted by Crippen LogP contribution is -2.60. The van der Waals surface area contributed by atoms with E-state index in [0.717, 1.165) is 18.2 Å². The summed E-state index contributed by atoms with van der Waals surface area (Å²) >= 11 is 0. The van der Waals surface area contributed by atoms with Gasteiger partial charge in [-0.05, 0) is 36.3 Å². The van der Waals surface area contributed by atoms with Gasteiger partial charge in [0, 0.05) is 6.42 Å². The van der Waals surface area contributed by atoms with E-state index in [9.17, 15) is 19.2 Å². The smallest absolute Gasteiger partial charge is 0.408 e. The van der Waals surface area contributed by atoms with Gasteiger partial charge < -0.3 is 24.8 Å². The molecular formula is C29H35N3O7. The number of ether oxygens (including phenoxy) is 3. The number of amides is 2. The second-order valence-electron chi connectivity index (χ2n) is 9.70. The van der Waals surface area contributed by atoms with Crippen LogP contribution in [-0.4, -0.2) is 55.1 Å². The Labute approximate surface area is 228 Å². The van der Waals surface area contributed by atoms with Gasteiger partial charge in [0.25, 0.3) is 11.6 Å². The van der Waals surface area contributed by atoms with Crippen molar-refractivity contribution in [2.75, 3.05) is 13.7 Å². The number of alkyl carbamates (subject to hydrolysis) is 1. The van der Waals surface area contributed by atoms with Crippen molar-refractivity contribution in [3.63, 3.8) is 0 Å². The van der Waals surface area contributed by atoms with E-state index in [4.69, 9.17) is 14.2 Å². The predicted molar refractivity (Wildman–Crippen MR) is 144 cm³/mol. The summed E-state index contributed by atoms with van der Waals surface area (Å²) in [6, 6.07) is 17.8. The standard InChI is InChI=1S/C29H35N3O7/c1-20(2)17-23(30-28(36)38-18-22-13-8-5-9-14-22)25(34)31-29(27(35)37-3)19-39-26(32-29)24(33)16-10-15-21-11-6-4-7-12-21/h4-9,11-14,20,23H,10,15-19H2,1-3H3,(H,30,36)(H,31,34)/t23-,29?/m0/s1. The van der Waals surface area contributed by atoms with Crippen molar-refractivity contribution in [3.05, 3.63) is 71.8 Å². The van der Waals surface area contributed by atoms with Crippen LogP contribution in [0.25, 0.3) is 0 Å². The van der Waals surface area contributed by atoms with Crippen LogP contribution in [0, 0.1) is 5.92 Å². The lowest BCUT2D eigenvalue weighted by molar-refractivity contribution is -0.151. The number of ketones is 1. The molecule has 2 aromatic carbocycles. The molecule has 3 rings (SSSR count). The Kier molecular flexibility index (Phi) is 10.6. The number of carbonyl (C=O) groups is 4. The Morgan fingerprint density at radius 2 is 1.64 bits per heavy atom. The first-order valence-electron chi connectivity index (χ1n) is 12.9. The second kappa shape index (κ2) is 14.1. The molecule has 10 nitrogen and oxygen atoms in total. The van der Waals surface area contributed by atoms with E-state index in [1.54, 1.807) is 0 Å². The molecule has 2 atom stereocenters. The Bertz CT molecular complexity index is 1170. The number of rotatable bonds is 13. The molecule has 0 fully saturated rings. The van der Waals surface area contributed by atoms with E-state index in [2.05, 4.69) is 15.6 Å². The van der Waals surface area contributed by atoms with E-state index in [1.165, 1.54) is 0 Å². The summed E-state index contributed by atoms with van der Waals surface area (Å²) in [5, 5.41) is 5.11. The summed E-state index contributed by atoms with van der Waals surface area (Å²) in [6.07, 6.45) is 0.895. The van der Waals surface area contributed by atoms with E-state index >= 15 is 0 Å². The molecule has 39 heavy (non-hydrogen) atoms. The third kappa shape index (κ3) is 8.66. The minimum atomic E-state index is -1.94. The van der Waals surface area contributed by atoms with Crippen LogP contribution in [0.15, 0.2) is 65.7 Å².